The third-order valence-corrected chi connectivity index (χ3v) is 3.04. The van der Waals surface area contributed by atoms with Crippen LogP contribution in [0, 0.1) is 11.8 Å². The van der Waals surface area contributed by atoms with Crippen LogP contribution in [0.4, 0.5) is 0 Å². The Morgan fingerprint density at radius 1 is 1.44 bits per heavy atom. The fraction of sp³-hybridized carbons (Fsp3) is 1.00. The Labute approximate surface area is 57.0 Å². The molecule has 1 heterocycles. The highest BCUT2D eigenvalue weighted by atomic mass is 15.2. The second-order valence-corrected chi connectivity index (χ2v) is 3.71. The summed E-state index contributed by atoms with van der Waals surface area (Å²) < 4.78 is 0. The van der Waals surface area contributed by atoms with E-state index < -0.39 is 0 Å². The van der Waals surface area contributed by atoms with Gasteiger partial charge >= 0.3 is 0 Å². The Morgan fingerprint density at radius 3 is 2.89 bits per heavy atom. The molecule has 2 rings (SSSR count). The minimum Gasteiger partial charge on any atom is -0.303 e. The molecule has 1 saturated carbocycles. The Bertz CT molecular complexity index is 108. The van der Waals surface area contributed by atoms with Crippen molar-refractivity contribution < 1.29 is 0 Å². The highest BCUT2D eigenvalue weighted by Gasteiger charge is 2.46. The molecule has 0 amide bonds. The second kappa shape index (κ2) is 1.72. The van der Waals surface area contributed by atoms with Gasteiger partial charge in [-0.05, 0) is 38.3 Å². The minimum absolute atomic E-state index is 0.980. The number of hydrogen-bond donors (Lipinski definition) is 0. The van der Waals surface area contributed by atoms with Crippen LogP contribution in [0.3, 0.4) is 0 Å². The lowest BCUT2D eigenvalue weighted by Gasteiger charge is -2.25. The molecule has 1 aliphatic heterocycles. The topological polar surface area (TPSA) is 3.24 Å². The van der Waals surface area contributed by atoms with Crippen molar-refractivity contribution in [2.75, 3.05) is 13.6 Å². The van der Waals surface area contributed by atoms with Gasteiger partial charge in [0.2, 0.25) is 0 Å². The maximum absolute atomic E-state index is 2.52. The van der Waals surface area contributed by atoms with Gasteiger partial charge < -0.3 is 4.90 Å². The van der Waals surface area contributed by atoms with Crippen LogP contribution < -0.4 is 0 Å². The molecule has 2 unspecified atom stereocenters. The first-order valence-electron chi connectivity index (χ1n) is 3.99. The van der Waals surface area contributed by atoms with Gasteiger partial charge in [-0.1, -0.05) is 6.92 Å². The van der Waals surface area contributed by atoms with E-state index in [-0.39, 0.29) is 0 Å². The van der Waals surface area contributed by atoms with Gasteiger partial charge in [-0.3, -0.25) is 0 Å². The van der Waals surface area contributed by atoms with Gasteiger partial charge in [-0.15, -0.1) is 0 Å². The maximum atomic E-state index is 2.52. The molecular formula is C8H15N. The predicted octanol–water partition coefficient (Wildman–Crippen LogP) is 1.35. The zero-order valence-corrected chi connectivity index (χ0v) is 6.30. The molecule has 1 aliphatic carbocycles. The lowest BCUT2D eigenvalue weighted by atomic mass is 9.99. The van der Waals surface area contributed by atoms with Crippen molar-refractivity contribution in [1.82, 2.24) is 4.90 Å². The summed E-state index contributed by atoms with van der Waals surface area (Å²) in [4.78, 5) is 2.52. The molecule has 1 nitrogen and oxygen atoms in total. The summed E-state index contributed by atoms with van der Waals surface area (Å²) in [7, 11) is 2.26. The van der Waals surface area contributed by atoms with Gasteiger partial charge in [0, 0.05) is 6.04 Å². The fourth-order valence-electron chi connectivity index (χ4n) is 2.11. The monoisotopic (exact) mass is 125 g/mol. The summed E-state index contributed by atoms with van der Waals surface area (Å²) in [6.07, 6.45) is 2.91. The van der Waals surface area contributed by atoms with Gasteiger partial charge in [0.1, 0.15) is 0 Å². The van der Waals surface area contributed by atoms with E-state index in [0.717, 1.165) is 17.9 Å². The van der Waals surface area contributed by atoms with Crippen molar-refractivity contribution in [3.05, 3.63) is 0 Å². The molecule has 0 aromatic carbocycles. The summed E-state index contributed by atoms with van der Waals surface area (Å²) in [5.74, 6) is 2.09. The minimum atomic E-state index is 0.980. The lowest BCUT2D eigenvalue weighted by molar-refractivity contribution is 0.219. The normalized spacial score (nSPS) is 50.7. The summed E-state index contributed by atoms with van der Waals surface area (Å²) in [6.45, 7) is 3.74. The molecule has 2 fully saturated rings. The number of nitrogens with zero attached hydrogens (tertiary/aromatic N) is 1. The van der Waals surface area contributed by atoms with Crippen LogP contribution in [0.1, 0.15) is 19.8 Å². The van der Waals surface area contributed by atoms with Gasteiger partial charge in [0.25, 0.3) is 0 Å². The Balaban J connectivity index is 2.01. The Kier molecular flexibility index (Phi) is 1.10. The smallest absolute Gasteiger partial charge is 0.0127 e. The van der Waals surface area contributed by atoms with E-state index in [1.54, 1.807) is 0 Å². The Hall–Kier alpha value is -0.0400. The zero-order chi connectivity index (χ0) is 6.43. The van der Waals surface area contributed by atoms with Crippen LogP contribution in [-0.2, 0) is 0 Å². The lowest BCUT2D eigenvalue weighted by Crippen LogP contribution is -2.30. The van der Waals surface area contributed by atoms with E-state index >= 15 is 0 Å². The van der Waals surface area contributed by atoms with Gasteiger partial charge in [0.15, 0.2) is 0 Å². The number of rotatable bonds is 0. The first-order valence-corrected chi connectivity index (χ1v) is 3.99. The van der Waals surface area contributed by atoms with E-state index in [1.807, 2.05) is 0 Å². The van der Waals surface area contributed by atoms with Crippen molar-refractivity contribution >= 4 is 0 Å². The van der Waals surface area contributed by atoms with Gasteiger partial charge in [-0.2, -0.15) is 0 Å². The first kappa shape index (κ1) is 5.72. The van der Waals surface area contributed by atoms with Crippen LogP contribution in [0.5, 0.6) is 0 Å². The molecule has 1 heteroatoms. The van der Waals surface area contributed by atoms with E-state index in [0.29, 0.717) is 0 Å². The third-order valence-electron chi connectivity index (χ3n) is 3.04. The molecule has 3 atom stereocenters. The highest BCUT2D eigenvalue weighted by molar-refractivity contribution is 4.99. The van der Waals surface area contributed by atoms with Crippen LogP contribution >= 0.6 is 0 Å². The predicted molar refractivity (Wildman–Crippen MR) is 38.3 cm³/mol. The van der Waals surface area contributed by atoms with Crippen molar-refractivity contribution in [2.24, 2.45) is 11.8 Å². The van der Waals surface area contributed by atoms with Crippen molar-refractivity contribution in [3.63, 3.8) is 0 Å². The van der Waals surface area contributed by atoms with Crippen LogP contribution in [0.25, 0.3) is 0 Å². The standard InChI is InChI=1S/C8H15N/c1-6-3-4-9(2)8-5-7(6)8/h6-8H,3-5H2,1-2H3/t6-,7?,8?/m1/s1. The van der Waals surface area contributed by atoms with E-state index in [2.05, 4.69) is 18.9 Å². The second-order valence-electron chi connectivity index (χ2n) is 3.71. The molecular weight excluding hydrogens is 110 g/mol. The summed E-state index contributed by atoms with van der Waals surface area (Å²) in [5.41, 5.74) is 0. The molecule has 0 N–H and O–H groups in total. The van der Waals surface area contributed by atoms with E-state index in [4.69, 9.17) is 0 Å². The number of likely N-dealkylation sites (tertiary alicyclic amines) is 1. The van der Waals surface area contributed by atoms with Crippen LogP contribution in [0.2, 0.25) is 0 Å². The largest absolute Gasteiger partial charge is 0.303 e. The van der Waals surface area contributed by atoms with Gasteiger partial charge in [0.05, 0.1) is 0 Å². The molecule has 0 aromatic heterocycles. The highest BCUT2D eigenvalue weighted by Crippen LogP contribution is 2.45. The molecule has 0 aromatic rings. The number of hydrogen-bond acceptors (Lipinski definition) is 1. The SMILES string of the molecule is C[C@@H]1CCN(C)C2CC21. The maximum Gasteiger partial charge on any atom is 0.0127 e. The molecule has 0 spiro atoms. The first-order chi connectivity index (χ1) is 4.29. The average Bonchev–Trinajstić information content (AvgIpc) is 2.57. The number of fused-ring (bicyclic) bond motifs is 1. The average molecular weight is 125 g/mol. The zero-order valence-electron chi connectivity index (χ0n) is 6.30. The van der Waals surface area contributed by atoms with E-state index in [1.165, 1.54) is 19.4 Å². The quantitative estimate of drug-likeness (QED) is 0.472. The Morgan fingerprint density at radius 2 is 2.22 bits per heavy atom. The van der Waals surface area contributed by atoms with Crippen molar-refractivity contribution in [3.8, 4) is 0 Å². The van der Waals surface area contributed by atoms with Gasteiger partial charge in [-0.25, -0.2) is 0 Å². The molecule has 2 aliphatic rings. The number of piperidine rings is 1. The summed E-state index contributed by atoms with van der Waals surface area (Å²) >= 11 is 0. The molecule has 9 heavy (non-hydrogen) atoms. The fourth-order valence-corrected chi connectivity index (χ4v) is 2.11. The molecule has 0 bridgehead atoms. The molecule has 0 radical (unpaired) electrons. The summed E-state index contributed by atoms with van der Waals surface area (Å²) in [6, 6.07) is 0.980. The van der Waals surface area contributed by atoms with Crippen molar-refractivity contribution in [2.45, 2.75) is 25.8 Å². The summed E-state index contributed by atoms with van der Waals surface area (Å²) in [5, 5.41) is 0. The third kappa shape index (κ3) is 0.787. The molecule has 1 saturated heterocycles. The van der Waals surface area contributed by atoms with E-state index in [9.17, 15) is 0 Å². The van der Waals surface area contributed by atoms with Crippen LogP contribution in [-0.4, -0.2) is 24.5 Å². The van der Waals surface area contributed by atoms with Crippen LogP contribution in [0.15, 0.2) is 0 Å². The van der Waals surface area contributed by atoms with Crippen molar-refractivity contribution in [1.29, 1.82) is 0 Å². The molecule has 52 valence electrons.